The zero-order valence-corrected chi connectivity index (χ0v) is 14.2. The number of nitrogens with one attached hydrogen (secondary N) is 1. The topological polar surface area (TPSA) is 116 Å². The molecule has 0 saturated carbocycles. The van der Waals surface area contributed by atoms with Crippen LogP contribution in [0, 0.1) is 0 Å². The number of piperidine rings is 1. The fourth-order valence-electron chi connectivity index (χ4n) is 2.34. The van der Waals surface area contributed by atoms with E-state index in [9.17, 15) is 4.79 Å². The van der Waals surface area contributed by atoms with Gasteiger partial charge >= 0.3 is 11.9 Å². The second-order valence-electron chi connectivity index (χ2n) is 5.54. The smallest absolute Gasteiger partial charge is 0.414 e. The van der Waals surface area contributed by atoms with E-state index in [0.29, 0.717) is 6.42 Å². The first kappa shape index (κ1) is 20.4. The van der Waals surface area contributed by atoms with Gasteiger partial charge in [-0.2, -0.15) is 0 Å². The molecule has 1 amide bonds. The van der Waals surface area contributed by atoms with Crippen LogP contribution in [0.5, 0.6) is 5.75 Å². The molecule has 1 heterocycles. The molecule has 0 atom stereocenters. The summed E-state index contributed by atoms with van der Waals surface area (Å²) in [5.74, 6) is -2.77. The highest BCUT2D eigenvalue weighted by atomic mass is 16.5. The quantitative estimate of drug-likeness (QED) is 0.690. The molecule has 2 rings (SSSR count). The molecule has 1 aromatic carbocycles. The average Bonchev–Trinajstić information content (AvgIpc) is 2.62. The lowest BCUT2D eigenvalue weighted by atomic mass is 10.1. The molecule has 8 nitrogen and oxygen atoms in total. The summed E-state index contributed by atoms with van der Waals surface area (Å²) in [5.41, 5.74) is 0.824. The Bertz CT molecular complexity index is 555. The Morgan fingerprint density at radius 3 is 2.08 bits per heavy atom. The Balaban J connectivity index is 0.000000450. The fourth-order valence-corrected chi connectivity index (χ4v) is 2.34. The average molecular weight is 352 g/mol. The molecule has 1 aromatic rings. The van der Waals surface area contributed by atoms with Crippen molar-refractivity contribution in [2.75, 3.05) is 32.1 Å². The number of methoxy groups -OCH3 is 1. The van der Waals surface area contributed by atoms with E-state index in [0.717, 1.165) is 31.1 Å². The number of carbonyl (C=O) groups is 3. The summed E-state index contributed by atoms with van der Waals surface area (Å²) < 4.78 is 5.08. The second-order valence-corrected chi connectivity index (χ2v) is 5.54. The Hall–Kier alpha value is -2.61. The van der Waals surface area contributed by atoms with Gasteiger partial charge in [0.2, 0.25) is 5.91 Å². The van der Waals surface area contributed by atoms with Crippen molar-refractivity contribution in [2.45, 2.75) is 25.7 Å². The minimum atomic E-state index is -1.82. The highest BCUT2D eigenvalue weighted by Gasteiger charge is 2.11. The van der Waals surface area contributed by atoms with Crippen LogP contribution in [-0.2, 0) is 14.4 Å². The third-order valence-electron chi connectivity index (χ3n) is 3.66. The standard InChI is InChI=1S/C15H22N2O2.C2H2O4/c1-19-14-7-5-13(6-8-14)16-15(18)9-12-17-10-3-2-4-11-17;3-1(4)2(5)6/h5-8H,2-4,9-12H2,1H3,(H,16,18);(H,3,4)(H,5,6). The van der Waals surface area contributed by atoms with E-state index in [1.165, 1.54) is 19.3 Å². The number of hydrogen-bond donors (Lipinski definition) is 3. The summed E-state index contributed by atoms with van der Waals surface area (Å²) >= 11 is 0. The van der Waals surface area contributed by atoms with E-state index in [2.05, 4.69) is 10.2 Å². The lowest BCUT2D eigenvalue weighted by molar-refractivity contribution is -0.159. The molecule has 3 N–H and O–H groups in total. The van der Waals surface area contributed by atoms with Crippen LogP contribution in [0.2, 0.25) is 0 Å². The van der Waals surface area contributed by atoms with Crippen molar-refractivity contribution in [3.05, 3.63) is 24.3 Å². The van der Waals surface area contributed by atoms with Crippen LogP contribution in [0.25, 0.3) is 0 Å². The summed E-state index contributed by atoms with van der Waals surface area (Å²) in [4.78, 5) is 32.4. The predicted molar refractivity (Wildman–Crippen MR) is 91.8 cm³/mol. The number of rotatable bonds is 5. The number of hydrogen-bond acceptors (Lipinski definition) is 5. The molecule has 0 aliphatic carbocycles. The lowest BCUT2D eigenvalue weighted by Crippen LogP contribution is -2.32. The van der Waals surface area contributed by atoms with Crippen molar-refractivity contribution in [2.24, 2.45) is 0 Å². The Morgan fingerprint density at radius 2 is 1.60 bits per heavy atom. The molecule has 1 aliphatic rings. The number of ether oxygens (including phenoxy) is 1. The maximum absolute atomic E-state index is 11.8. The van der Waals surface area contributed by atoms with Gasteiger partial charge < -0.3 is 25.2 Å². The molecule has 25 heavy (non-hydrogen) atoms. The number of amides is 1. The molecule has 0 bridgehead atoms. The normalized spacial score (nSPS) is 14.0. The van der Waals surface area contributed by atoms with Crippen LogP contribution in [0.1, 0.15) is 25.7 Å². The summed E-state index contributed by atoms with van der Waals surface area (Å²) in [6.45, 7) is 3.13. The van der Waals surface area contributed by atoms with Gasteiger partial charge in [0.25, 0.3) is 0 Å². The summed E-state index contributed by atoms with van der Waals surface area (Å²) in [6, 6.07) is 7.41. The van der Waals surface area contributed by atoms with Gasteiger partial charge in [-0.1, -0.05) is 6.42 Å². The number of nitrogens with zero attached hydrogens (tertiary/aromatic N) is 1. The zero-order chi connectivity index (χ0) is 18.7. The van der Waals surface area contributed by atoms with E-state index >= 15 is 0 Å². The van der Waals surface area contributed by atoms with Crippen LogP contribution >= 0.6 is 0 Å². The predicted octanol–water partition coefficient (Wildman–Crippen LogP) is 1.67. The summed E-state index contributed by atoms with van der Waals surface area (Å²) in [6.07, 6.45) is 4.42. The van der Waals surface area contributed by atoms with Gasteiger partial charge in [0.05, 0.1) is 7.11 Å². The minimum absolute atomic E-state index is 0.0794. The van der Waals surface area contributed by atoms with Crippen LogP contribution in [0.3, 0.4) is 0 Å². The van der Waals surface area contributed by atoms with Crippen LogP contribution < -0.4 is 10.1 Å². The molecular weight excluding hydrogens is 328 g/mol. The van der Waals surface area contributed by atoms with Gasteiger partial charge in [0, 0.05) is 18.7 Å². The van der Waals surface area contributed by atoms with Gasteiger partial charge in [0.1, 0.15) is 5.75 Å². The van der Waals surface area contributed by atoms with Crippen molar-refractivity contribution in [1.29, 1.82) is 0 Å². The fraction of sp³-hybridized carbons (Fsp3) is 0.471. The summed E-state index contributed by atoms with van der Waals surface area (Å²) in [7, 11) is 1.63. The van der Waals surface area contributed by atoms with Gasteiger partial charge in [-0.25, -0.2) is 9.59 Å². The number of carboxylic acid groups (broad SMARTS) is 2. The number of anilines is 1. The number of likely N-dealkylation sites (tertiary alicyclic amines) is 1. The highest BCUT2D eigenvalue weighted by molar-refractivity contribution is 6.27. The first-order valence-corrected chi connectivity index (χ1v) is 8.05. The molecule has 1 saturated heterocycles. The number of carboxylic acids is 2. The van der Waals surface area contributed by atoms with Crippen LogP contribution in [0.4, 0.5) is 5.69 Å². The number of aliphatic carboxylic acids is 2. The van der Waals surface area contributed by atoms with Gasteiger partial charge in [-0.3, -0.25) is 4.79 Å². The number of carbonyl (C=O) groups excluding carboxylic acids is 1. The second kappa shape index (κ2) is 11.0. The van der Waals surface area contributed by atoms with Crippen LogP contribution in [0.15, 0.2) is 24.3 Å². The van der Waals surface area contributed by atoms with Crippen molar-refractivity contribution in [3.8, 4) is 5.75 Å². The molecule has 138 valence electrons. The van der Waals surface area contributed by atoms with Crippen molar-refractivity contribution < 1.29 is 29.3 Å². The molecular formula is C17H24N2O6. The van der Waals surface area contributed by atoms with Gasteiger partial charge in [-0.05, 0) is 50.2 Å². The molecule has 0 unspecified atom stereocenters. The first-order chi connectivity index (χ1) is 11.9. The van der Waals surface area contributed by atoms with Crippen molar-refractivity contribution in [1.82, 2.24) is 4.90 Å². The Labute approximate surface area is 146 Å². The van der Waals surface area contributed by atoms with Gasteiger partial charge in [0.15, 0.2) is 0 Å². The maximum Gasteiger partial charge on any atom is 0.414 e. The van der Waals surface area contributed by atoms with Crippen molar-refractivity contribution in [3.63, 3.8) is 0 Å². The third kappa shape index (κ3) is 8.71. The lowest BCUT2D eigenvalue weighted by Gasteiger charge is -2.25. The SMILES string of the molecule is COc1ccc(NC(=O)CCN2CCCCC2)cc1.O=C(O)C(=O)O. The largest absolute Gasteiger partial charge is 0.497 e. The first-order valence-electron chi connectivity index (χ1n) is 8.05. The Morgan fingerprint density at radius 1 is 1.04 bits per heavy atom. The van der Waals surface area contributed by atoms with Crippen LogP contribution in [-0.4, -0.2) is 59.7 Å². The third-order valence-corrected chi connectivity index (χ3v) is 3.66. The van der Waals surface area contributed by atoms with E-state index < -0.39 is 11.9 Å². The maximum atomic E-state index is 11.8. The number of benzene rings is 1. The van der Waals surface area contributed by atoms with Gasteiger partial charge in [-0.15, -0.1) is 0 Å². The monoisotopic (exact) mass is 352 g/mol. The van der Waals surface area contributed by atoms with E-state index in [-0.39, 0.29) is 5.91 Å². The molecule has 1 fully saturated rings. The molecule has 0 aromatic heterocycles. The van der Waals surface area contributed by atoms with Crippen molar-refractivity contribution >= 4 is 23.5 Å². The molecule has 0 radical (unpaired) electrons. The highest BCUT2D eigenvalue weighted by Crippen LogP contribution is 2.15. The van der Waals surface area contributed by atoms with E-state index in [1.807, 2.05) is 24.3 Å². The Kier molecular flexibility index (Phi) is 9.02. The molecule has 1 aliphatic heterocycles. The zero-order valence-electron chi connectivity index (χ0n) is 14.2. The van der Waals surface area contributed by atoms with E-state index in [4.69, 9.17) is 24.5 Å². The summed E-state index contributed by atoms with van der Waals surface area (Å²) in [5, 5.41) is 17.7. The minimum Gasteiger partial charge on any atom is -0.497 e. The molecule has 8 heteroatoms. The van der Waals surface area contributed by atoms with E-state index in [1.54, 1.807) is 7.11 Å². The molecule has 0 spiro atoms.